The largest absolute Gasteiger partial charge is 0.508 e. The topological polar surface area (TPSA) is 188 Å². The smallest absolute Gasteiger partial charge is 0.322 e. The van der Waals surface area contributed by atoms with Gasteiger partial charge in [-0.05, 0) is 62.8 Å². The van der Waals surface area contributed by atoms with E-state index >= 15 is 0 Å². The molecule has 1 saturated heterocycles. The van der Waals surface area contributed by atoms with Crippen molar-refractivity contribution in [2.75, 3.05) is 19.6 Å². The highest BCUT2D eigenvalue weighted by atomic mass is 16.4. The number of phenolic OH excluding ortho intramolecular Hbond substituents is 1. The van der Waals surface area contributed by atoms with Gasteiger partial charge in [0.1, 0.15) is 24.4 Å². The van der Waals surface area contributed by atoms with E-state index in [1.807, 2.05) is 0 Å². The maximum Gasteiger partial charge on any atom is 0.322 e. The van der Waals surface area contributed by atoms with Crippen LogP contribution < -0.4 is 22.1 Å². The van der Waals surface area contributed by atoms with Crippen LogP contribution in [-0.4, -0.2) is 76.6 Å². The normalized spacial score (nSPS) is 17.3. The Morgan fingerprint density at radius 1 is 1.15 bits per heavy atom. The second kappa shape index (κ2) is 12.8. The van der Waals surface area contributed by atoms with Crippen LogP contribution in [-0.2, 0) is 25.6 Å². The van der Waals surface area contributed by atoms with Crippen LogP contribution >= 0.6 is 0 Å². The van der Waals surface area contributed by atoms with Crippen LogP contribution in [0.4, 0.5) is 0 Å². The first kappa shape index (κ1) is 26.1. The highest BCUT2D eigenvalue weighted by Crippen LogP contribution is 2.20. The Balaban J connectivity index is 2.01. The van der Waals surface area contributed by atoms with Gasteiger partial charge in [0, 0.05) is 6.54 Å². The first-order chi connectivity index (χ1) is 15.7. The molecule has 1 aromatic carbocycles. The number of phenols is 1. The molecule has 2 rings (SSSR count). The van der Waals surface area contributed by atoms with Crippen molar-refractivity contribution in [2.45, 2.75) is 56.7 Å². The minimum Gasteiger partial charge on any atom is -0.508 e. The minimum absolute atomic E-state index is 0.114. The number of amides is 3. The van der Waals surface area contributed by atoms with Gasteiger partial charge in [-0.1, -0.05) is 12.1 Å². The number of hydrogen-bond acceptors (Lipinski definition) is 7. The predicted molar refractivity (Wildman–Crippen MR) is 120 cm³/mol. The summed E-state index contributed by atoms with van der Waals surface area (Å²) in [6.45, 7) is 0.257. The molecule has 3 amide bonds. The van der Waals surface area contributed by atoms with Gasteiger partial charge in [-0.3, -0.25) is 19.2 Å². The molecule has 0 spiro atoms. The van der Waals surface area contributed by atoms with E-state index < -0.39 is 42.5 Å². The molecule has 1 aromatic rings. The van der Waals surface area contributed by atoms with Crippen LogP contribution in [0.2, 0.25) is 0 Å². The molecule has 0 aromatic heterocycles. The summed E-state index contributed by atoms with van der Waals surface area (Å²) in [5.41, 5.74) is 12.4. The summed E-state index contributed by atoms with van der Waals surface area (Å²) in [6, 6.07) is 3.84. The van der Waals surface area contributed by atoms with E-state index in [2.05, 4.69) is 10.6 Å². The van der Waals surface area contributed by atoms with E-state index in [1.165, 1.54) is 17.0 Å². The number of nitrogens with one attached hydrogen (secondary N) is 2. The molecule has 33 heavy (non-hydrogen) atoms. The van der Waals surface area contributed by atoms with Gasteiger partial charge in [-0.15, -0.1) is 0 Å². The SMILES string of the molecule is NCCCCC(NC(=O)C1CCCN1C(=O)C(N)Cc1ccc(O)cc1)C(=O)NCC(=O)O. The van der Waals surface area contributed by atoms with Gasteiger partial charge in [0.2, 0.25) is 17.7 Å². The number of carbonyl (C=O) groups excluding carboxylic acids is 3. The van der Waals surface area contributed by atoms with Gasteiger partial charge in [0.25, 0.3) is 0 Å². The van der Waals surface area contributed by atoms with Crippen LogP contribution in [0.5, 0.6) is 5.75 Å². The summed E-state index contributed by atoms with van der Waals surface area (Å²) in [7, 11) is 0. The number of carbonyl (C=O) groups is 4. The Hall–Kier alpha value is -3.18. The molecule has 182 valence electrons. The summed E-state index contributed by atoms with van der Waals surface area (Å²) in [5, 5.41) is 23.1. The van der Waals surface area contributed by atoms with Crippen molar-refractivity contribution in [3.05, 3.63) is 29.8 Å². The van der Waals surface area contributed by atoms with Crippen molar-refractivity contribution in [1.82, 2.24) is 15.5 Å². The zero-order chi connectivity index (χ0) is 24.4. The summed E-state index contributed by atoms with van der Waals surface area (Å²) in [6.07, 6.45) is 2.85. The molecule has 0 bridgehead atoms. The second-order valence-corrected chi connectivity index (χ2v) is 8.12. The van der Waals surface area contributed by atoms with E-state index in [0.717, 1.165) is 5.56 Å². The molecular weight excluding hydrogens is 430 g/mol. The summed E-state index contributed by atoms with van der Waals surface area (Å²) in [4.78, 5) is 50.5. The number of rotatable bonds is 12. The molecule has 3 atom stereocenters. The number of carboxylic acid groups (broad SMARTS) is 1. The van der Waals surface area contributed by atoms with Crippen LogP contribution in [0, 0.1) is 0 Å². The standard InChI is InChI=1S/C22H33N5O6/c23-10-2-1-4-17(20(31)25-13-19(29)30)26-21(32)18-5-3-11-27(18)22(33)16(24)12-14-6-8-15(28)9-7-14/h6-9,16-18,28H,1-5,10-13,23-24H2,(H,25,31)(H,26,32)(H,29,30). The molecular formula is C22H33N5O6. The molecule has 1 aliphatic heterocycles. The van der Waals surface area contributed by atoms with Crippen molar-refractivity contribution in [3.8, 4) is 5.75 Å². The third kappa shape index (κ3) is 8.03. The first-order valence-corrected chi connectivity index (χ1v) is 11.1. The van der Waals surface area contributed by atoms with Crippen LogP contribution in [0.15, 0.2) is 24.3 Å². The Bertz CT molecular complexity index is 831. The van der Waals surface area contributed by atoms with E-state index in [4.69, 9.17) is 16.6 Å². The van der Waals surface area contributed by atoms with Crippen molar-refractivity contribution in [1.29, 1.82) is 0 Å². The van der Waals surface area contributed by atoms with Crippen molar-refractivity contribution >= 4 is 23.7 Å². The lowest BCUT2D eigenvalue weighted by Crippen LogP contribution is -2.55. The summed E-state index contributed by atoms with van der Waals surface area (Å²) < 4.78 is 0. The minimum atomic E-state index is -1.19. The number of hydrogen-bond donors (Lipinski definition) is 6. The van der Waals surface area contributed by atoms with Gasteiger partial charge >= 0.3 is 5.97 Å². The molecule has 0 aliphatic carbocycles. The first-order valence-electron chi connectivity index (χ1n) is 11.1. The van der Waals surface area contributed by atoms with Crippen molar-refractivity contribution in [2.24, 2.45) is 11.5 Å². The maximum absolute atomic E-state index is 13.0. The van der Waals surface area contributed by atoms with Crippen molar-refractivity contribution < 1.29 is 29.4 Å². The highest BCUT2D eigenvalue weighted by Gasteiger charge is 2.37. The number of benzene rings is 1. The summed E-state index contributed by atoms with van der Waals surface area (Å²) >= 11 is 0. The molecule has 1 fully saturated rings. The number of likely N-dealkylation sites (tertiary alicyclic amines) is 1. The van der Waals surface area contributed by atoms with E-state index in [-0.39, 0.29) is 18.1 Å². The lowest BCUT2D eigenvalue weighted by atomic mass is 10.0. The van der Waals surface area contributed by atoms with Gasteiger partial charge < -0.3 is 37.2 Å². The molecule has 3 unspecified atom stereocenters. The number of unbranched alkanes of at least 4 members (excludes halogenated alkanes) is 1. The number of aromatic hydroxyl groups is 1. The Morgan fingerprint density at radius 3 is 2.48 bits per heavy atom. The Morgan fingerprint density at radius 2 is 1.85 bits per heavy atom. The predicted octanol–water partition coefficient (Wildman–Crippen LogP) is -0.932. The van der Waals surface area contributed by atoms with E-state index in [1.54, 1.807) is 12.1 Å². The lowest BCUT2D eigenvalue weighted by molar-refractivity contribution is -0.141. The molecule has 1 heterocycles. The van der Waals surface area contributed by atoms with Gasteiger partial charge in [-0.2, -0.15) is 0 Å². The van der Waals surface area contributed by atoms with Crippen LogP contribution in [0.3, 0.4) is 0 Å². The molecule has 8 N–H and O–H groups in total. The maximum atomic E-state index is 13.0. The van der Waals surface area contributed by atoms with E-state index in [0.29, 0.717) is 45.2 Å². The second-order valence-electron chi connectivity index (χ2n) is 8.12. The fourth-order valence-corrected chi connectivity index (χ4v) is 3.80. The molecule has 1 aliphatic rings. The molecule has 0 radical (unpaired) electrons. The van der Waals surface area contributed by atoms with Gasteiger partial charge in [0.05, 0.1) is 6.04 Å². The highest BCUT2D eigenvalue weighted by molar-refractivity contribution is 5.94. The van der Waals surface area contributed by atoms with Crippen molar-refractivity contribution in [3.63, 3.8) is 0 Å². The average molecular weight is 464 g/mol. The average Bonchev–Trinajstić information content (AvgIpc) is 3.27. The number of nitrogens with two attached hydrogens (primary N) is 2. The molecule has 11 nitrogen and oxygen atoms in total. The van der Waals surface area contributed by atoms with Crippen LogP contribution in [0.1, 0.15) is 37.7 Å². The molecule has 0 saturated carbocycles. The van der Waals surface area contributed by atoms with Crippen LogP contribution in [0.25, 0.3) is 0 Å². The number of aliphatic carboxylic acids is 1. The Labute approximate surface area is 192 Å². The van der Waals surface area contributed by atoms with E-state index in [9.17, 15) is 24.3 Å². The summed E-state index contributed by atoms with van der Waals surface area (Å²) in [5.74, 6) is -2.51. The third-order valence-corrected chi connectivity index (χ3v) is 5.54. The molecule has 11 heteroatoms. The quantitative estimate of drug-likeness (QED) is 0.214. The fourth-order valence-electron chi connectivity index (χ4n) is 3.80. The lowest BCUT2D eigenvalue weighted by Gasteiger charge is -2.28. The Kier molecular flexibility index (Phi) is 10.1. The fraction of sp³-hybridized carbons (Fsp3) is 0.545. The third-order valence-electron chi connectivity index (χ3n) is 5.54. The monoisotopic (exact) mass is 463 g/mol. The van der Waals surface area contributed by atoms with Gasteiger partial charge in [0.15, 0.2) is 0 Å². The zero-order valence-corrected chi connectivity index (χ0v) is 18.5. The number of carboxylic acids is 1. The zero-order valence-electron chi connectivity index (χ0n) is 18.5. The number of nitrogens with zero attached hydrogens (tertiary/aromatic N) is 1. The van der Waals surface area contributed by atoms with Gasteiger partial charge in [-0.25, -0.2) is 0 Å².